The van der Waals surface area contributed by atoms with Crippen LogP contribution in [-0.4, -0.2) is 67.6 Å². The maximum Gasteiger partial charge on any atom is 0.254 e. The highest BCUT2D eigenvalue weighted by Gasteiger charge is 2.28. The van der Waals surface area contributed by atoms with Gasteiger partial charge in [-0.2, -0.15) is 5.26 Å². The molecule has 0 saturated carbocycles. The molecule has 2 aromatic carbocycles. The molecule has 0 spiro atoms. The average Bonchev–Trinajstić information content (AvgIpc) is 2.99. The third-order valence-electron chi connectivity index (χ3n) is 8.54. The molecule has 0 unspecified atom stereocenters. The zero-order chi connectivity index (χ0) is 28.9. The van der Waals surface area contributed by atoms with Crippen LogP contribution in [0.4, 0.5) is 17.2 Å². The predicted octanol–water partition coefficient (Wildman–Crippen LogP) is 4.72. The number of rotatable bonds is 7. The first-order valence-electron chi connectivity index (χ1n) is 14.6. The van der Waals surface area contributed by atoms with Crippen LogP contribution in [0.1, 0.15) is 52.4 Å². The minimum Gasteiger partial charge on any atom is -0.382 e. The standard InChI is InChI=1S/C33H41N7O/c1-23-18-24(2)30(37-28-11-14-39(15-12-28)31-10-6-5-8-26(31)20-34)19-27(23)22-38-16-17-40(25(3)21-38)32-29(33(41)35-4)9-7-13-36-32/h5-10,13,18-19,25,28,37H,11-12,14-17,21-22H2,1-4H3,(H,35,41)/t25-/m1/s1. The molecule has 2 fully saturated rings. The van der Waals surface area contributed by atoms with Gasteiger partial charge in [0, 0.05) is 70.3 Å². The van der Waals surface area contributed by atoms with Gasteiger partial charge in [0.2, 0.25) is 0 Å². The van der Waals surface area contributed by atoms with Gasteiger partial charge in [-0.1, -0.05) is 18.2 Å². The number of pyridine rings is 1. The van der Waals surface area contributed by atoms with E-state index in [0.29, 0.717) is 11.6 Å². The maximum absolute atomic E-state index is 12.4. The summed E-state index contributed by atoms with van der Waals surface area (Å²) < 4.78 is 0. The summed E-state index contributed by atoms with van der Waals surface area (Å²) in [4.78, 5) is 24.1. The van der Waals surface area contributed by atoms with Crippen LogP contribution in [0, 0.1) is 25.2 Å². The Morgan fingerprint density at radius 2 is 1.83 bits per heavy atom. The number of amides is 1. The molecule has 1 aromatic heterocycles. The van der Waals surface area contributed by atoms with Gasteiger partial charge in [0.25, 0.3) is 5.91 Å². The fourth-order valence-electron chi connectivity index (χ4n) is 6.22. The Morgan fingerprint density at radius 1 is 1.05 bits per heavy atom. The van der Waals surface area contributed by atoms with E-state index in [1.54, 1.807) is 13.2 Å². The number of carbonyl (C=O) groups is 1. The van der Waals surface area contributed by atoms with Gasteiger partial charge in [-0.05, 0) is 80.6 Å². The molecule has 8 heteroatoms. The summed E-state index contributed by atoms with van der Waals surface area (Å²) in [5.74, 6) is 0.662. The van der Waals surface area contributed by atoms with Gasteiger partial charge in [0.1, 0.15) is 11.9 Å². The highest BCUT2D eigenvalue weighted by molar-refractivity contribution is 5.98. The molecule has 2 saturated heterocycles. The molecule has 214 valence electrons. The quantitative estimate of drug-likeness (QED) is 0.439. The summed E-state index contributed by atoms with van der Waals surface area (Å²) >= 11 is 0. The Balaban J connectivity index is 1.21. The Morgan fingerprint density at radius 3 is 2.56 bits per heavy atom. The number of anilines is 3. The molecule has 0 bridgehead atoms. The van der Waals surface area contributed by atoms with Crippen LogP contribution in [0.2, 0.25) is 0 Å². The first-order chi connectivity index (χ1) is 19.9. The van der Waals surface area contributed by atoms with E-state index in [2.05, 4.69) is 75.4 Å². The van der Waals surface area contributed by atoms with Crippen LogP contribution in [0.5, 0.6) is 0 Å². The molecule has 2 aliphatic heterocycles. The van der Waals surface area contributed by atoms with E-state index in [0.717, 1.165) is 69.2 Å². The fourth-order valence-corrected chi connectivity index (χ4v) is 6.22. The van der Waals surface area contributed by atoms with Crippen LogP contribution in [0.15, 0.2) is 54.7 Å². The molecule has 5 rings (SSSR count). The van der Waals surface area contributed by atoms with E-state index in [1.807, 2.05) is 30.3 Å². The highest BCUT2D eigenvalue weighted by atomic mass is 16.1. The van der Waals surface area contributed by atoms with E-state index >= 15 is 0 Å². The van der Waals surface area contributed by atoms with Crippen molar-refractivity contribution in [2.45, 2.75) is 52.2 Å². The molecule has 0 aliphatic carbocycles. The lowest BCUT2D eigenvalue weighted by molar-refractivity contribution is 0.0963. The summed E-state index contributed by atoms with van der Waals surface area (Å²) in [6.07, 6.45) is 3.83. The summed E-state index contributed by atoms with van der Waals surface area (Å²) in [6.45, 7) is 12.0. The number of hydrogen-bond donors (Lipinski definition) is 2. The number of benzene rings is 2. The number of para-hydroxylation sites is 1. The van der Waals surface area contributed by atoms with E-state index in [-0.39, 0.29) is 11.9 Å². The second-order valence-electron chi connectivity index (χ2n) is 11.4. The van der Waals surface area contributed by atoms with Crippen molar-refractivity contribution in [1.82, 2.24) is 15.2 Å². The van der Waals surface area contributed by atoms with Crippen molar-refractivity contribution < 1.29 is 4.79 Å². The largest absolute Gasteiger partial charge is 0.382 e. The average molecular weight is 552 g/mol. The van der Waals surface area contributed by atoms with Crippen molar-refractivity contribution in [3.05, 3.63) is 82.5 Å². The Bertz CT molecular complexity index is 1420. The van der Waals surface area contributed by atoms with E-state index in [1.165, 1.54) is 22.4 Å². The number of carbonyl (C=O) groups excluding carboxylic acids is 1. The van der Waals surface area contributed by atoms with E-state index < -0.39 is 0 Å². The number of aromatic nitrogens is 1. The third-order valence-corrected chi connectivity index (χ3v) is 8.54. The Labute approximate surface area is 244 Å². The van der Waals surface area contributed by atoms with E-state index in [4.69, 9.17) is 0 Å². The SMILES string of the molecule is CNC(=O)c1cccnc1N1CCN(Cc2cc(NC3CCN(c4ccccc4C#N)CC3)c(C)cc2C)C[C@H]1C. The molecule has 41 heavy (non-hydrogen) atoms. The number of hydrogen-bond acceptors (Lipinski definition) is 7. The summed E-state index contributed by atoms with van der Waals surface area (Å²) in [5, 5.41) is 16.1. The Kier molecular flexibility index (Phi) is 8.75. The van der Waals surface area contributed by atoms with Gasteiger partial charge in [0.15, 0.2) is 0 Å². The zero-order valence-corrected chi connectivity index (χ0v) is 24.7. The van der Waals surface area contributed by atoms with E-state index in [9.17, 15) is 10.1 Å². The van der Waals surface area contributed by atoms with Gasteiger partial charge >= 0.3 is 0 Å². The number of piperazine rings is 1. The zero-order valence-electron chi connectivity index (χ0n) is 24.7. The third kappa shape index (κ3) is 6.31. The lowest BCUT2D eigenvalue weighted by Gasteiger charge is -2.41. The van der Waals surface area contributed by atoms with Crippen molar-refractivity contribution in [3.8, 4) is 6.07 Å². The van der Waals surface area contributed by atoms with Crippen LogP contribution < -0.4 is 20.4 Å². The lowest BCUT2D eigenvalue weighted by Crippen LogP contribution is -2.52. The maximum atomic E-state index is 12.4. The number of nitriles is 1. The lowest BCUT2D eigenvalue weighted by atomic mass is 9.99. The minimum absolute atomic E-state index is 0.101. The number of piperidine rings is 1. The van der Waals surface area contributed by atoms with Gasteiger partial charge in [-0.15, -0.1) is 0 Å². The van der Waals surface area contributed by atoms with Crippen LogP contribution in [-0.2, 0) is 6.54 Å². The molecular weight excluding hydrogens is 510 g/mol. The number of aryl methyl sites for hydroxylation is 2. The van der Waals surface area contributed by atoms with Crippen LogP contribution in [0.25, 0.3) is 0 Å². The molecule has 3 aromatic rings. The van der Waals surface area contributed by atoms with Gasteiger partial charge in [-0.25, -0.2) is 4.98 Å². The molecule has 3 heterocycles. The molecular formula is C33H41N7O. The monoisotopic (exact) mass is 551 g/mol. The smallest absolute Gasteiger partial charge is 0.254 e. The van der Waals surface area contributed by atoms with Crippen LogP contribution >= 0.6 is 0 Å². The molecule has 1 atom stereocenters. The predicted molar refractivity (Wildman–Crippen MR) is 166 cm³/mol. The fraction of sp³-hybridized carbons (Fsp3) is 0.424. The second-order valence-corrected chi connectivity index (χ2v) is 11.4. The number of nitrogens with one attached hydrogen (secondary N) is 2. The molecule has 1 amide bonds. The molecule has 8 nitrogen and oxygen atoms in total. The highest BCUT2D eigenvalue weighted by Crippen LogP contribution is 2.29. The molecule has 2 aliphatic rings. The minimum atomic E-state index is -0.101. The van der Waals surface area contributed by atoms with Gasteiger partial charge < -0.3 is 20.4 Å². The van der Waals surface area contributed by atoms with Crippen molar-refractivity contribution in [3.63, 3.8) is 0 Å². The van der Waals surface area contributed by atoms with Gasteiger partial charge in [0.05, 0.1) is 16.8 Å². The van der Waals surface area contributed by atoms with Crippen molar-refractivity contribution in [2.24, 2.45) is 0 Å². The number of nitrogens with zero attached hydrogens (tertiary/aromatic N) is 5. The second kappa shape index (κ2) is 12.6. The van der Waals surface area contributed by atoms with Crippen LogP contribution in [0.3, 0.4) is 0 Å². The normalized spacial score (nSPS) is 18.2. The molecule has 0 radical (unpaired) electrons. The first kappa shape index (κ1) is 28.4. The summed E-state index contributed by atoms with van der Waals surface area (Å²) in [5.41, 5.74) is 7.58. The molecule has 2 N–H and O–H groups in total. The summed E-state index contributed by atoms with van der Waals surface area (Å²) in [7, 11) is 1.66. The first-order valence-corrected chi connectivity index (χ1v) is 14.6. The van der Waals surface area contributed by atoms with Crippen molar-refractivity contribution >= 4 is 23.1 Å². The summed E-state index contributed by atoms with van der Waals surface area (Å²) in [6, 6.07) is 19.2. The topological polar surface area (TPSA) is 87.5 Å². The van der Waals surface area contributed by atoms with Crippen molar-refractivity contribution in [1.29, 1.82) is 5.26 Å². The Hall–Kier alpha value is -4.09. The van der Waals surface area contributed by atoms with Gasteiger partial charge in [-0.3, -0.25) is 9.69 Å². The van der Waals surface area contributed by atoms with Crippen molar-refractivity contribution in [2.75, 3.05) is 54.9 Å².